The SMILES string of the molecule is CC(C)OCCN(C)C(CN)c1cscc1Br. The number of ether oxygens (including phenoxy) is 1. The topological polar surface area (TPSA) is 38.5 Å². The van der Waals surface area contributed by atoms with Crippen molar-refractivity contribution >= 4 is 27.3 Å². The largest absolute Gasteiger partial charge is 0.377 e. The van der Waals surface area contributed by atoms with Crippen LogP contribution in [-0.4, -0.2) is 37.7 Å². The van der Waals surface area contributed by atoms with E-state index < -0.39 is 0 Å². The Labute approximate surface area is 116 Å². The highest BCUT2D eigenvalue weighted by Gasteiger charge is 2.18. The maximum atomic E-state index is 5.87. The second kappa shape index (κ2) is 7.48. The zero-order chi connectivity index (χ0) is 12.8. The van der Waals surface area contributed by atoms with E-state index in [4.69, 9.17) is 10.5 Å². The molecule has 1 aromatic rings. The number of rotatable bonds is 7. The average Bonchev–Trinajstić information content (AvgIpc) is 2.66. The monoisotopic (exact) mass is 320 g/mol. The molecule has 0 aliphatic rings. The van der Waals surface area contributed by atoms with Crippen molar-refractivity contribution in [2.24, 2.45) is 5.73 Å². The molecular weight excluding hydrogens is 300 g/mol. The van der Waals surface area contributed by atoms with Crippen LogP contribution in [0.4, 0.5) is 0 Å². The Kier molecular flexibility index (Phi) is 6.66. The van der Waals surface area contributed by atoms with Crippen LogP contribution in [0.5, 0.6) is 0 Å². The predicted molar refractivity (Wildman–Crippen MR) is 77.5 cm³/mol. The second-order valence-corrected chi connectivity index (χ2v) is 5.92. The summed E-state index contributed by atoms with van der Waals surface area (Å²) in [5, 5.41) is 4.25. The number of nitrogens with zero attached hydrogens (tertiary/aromatic N) is 1. The Balaban J connectivity index is 2.53. The summed E-state index contributed by atoms with van der Waals surface area (Å²) in [7, 11) is 2.09. The molecule has 1 atom stereocenters. The molecule has 1 rings (SSSR count). The van der Waals surface area contributed by atoms with E-state index in [-0.39, 0.29) is 12.1 Å². The van der Waals surface area contributed by atoms with Gasteiger partial charge in [-0.1, -0.05) is 0 Å². The molecule has 0 saturated heterocycles. The summed E-state index contributed by atoms with van der Waals surface area (Å²) in [5.74, 6) is 0. The molecule has 0 spiro atoms. The van der Waals surface area contributed by atoms with Gasteiger partial charge in [-0.2, -0.15) is 11.3 Å². The summed E-state index contributed by atoms with van der Waals surface area (Å²) in [6.45, 7) is 6.36. The Morgan fingerprint density at radius 3 is 2.65 bits per heavy atom. The second-order valence-electron chi connectivity index (χ2n) is 4.33. The molecule has 2 N–H and O–H groups in total. The molecule has 0 aromatic carbocycles. The number of hydrogen-bond donors (Lipinski definition) is 1. The Morgan fingerprint density at radius 2 is 2.18 bits per heavy atom. The van der Waals surface area contributed by atoms with Crippen molar-refractivity contribution in [2.75, 3.05) is 26.7 Å². The molecule has 3 nitrogen and oxygen atoms in total. The van der Waals surface area contributed by atoms with Crippen LogP contribution in [0, 0.1) is 0 Å². The molecule has 17 heavy (non-hydrogen) atoms. The highest BCUT2D eigenvalue weighted by atomic mass is 79.9. The van der Waals surface area contributed by atoms with Gasteiger partial charge in [0.2, 0.25) is 0 Å². The van der Waals surface area contributed by atoms with E-state index >= 15 is 0 Å². The van der Waals surface area contributed by atoms with Gasteiger partial charge in [0.25, 0.3) is 0 Å². The van der Waals surface area contributed by atoms with Crippen LogP contribution in [0.2, 0.25) is 0 Å². The first kappa shape index (κ1) is 15.1. The quantitative estimate of drug-likeness (QED) is 0.839. The maximum Gasteiger partial charge on any atom is 0.0597 e. The smallest absolute Gasteiger partial charge is 0.0597 e. The van der Waals surface area contributed by atoms with E-state index in [1.165, 1.54) is 5.56 Å². The summed E-state index contributed by atoms with van der Waals surface area (Å²) in [5.41, 5.74) is 7.13. The molecule has 1 unspecified atom stereocenters. The number of hydrogen-bond acceptors (Lipinski definition) is 4. The molecule has 98 valence electrons. The molecule has 5 heteroatoms. The lowest BCUT2D eigenvalue weighted by Crippen LogP contribution is -2.33. The van der Waals surface area contributed by atoms with Gasteiger partial charge in [-0.25, -0.2) is 0 Å². The van der Waals surface area contributed by atoms with E-state index in [2.05, 4.69) is 52.5 Å². The first-order valence-electron chi connectivity index (χ1n) is 5.79. The average molecular weight is 321 g/mol. The summed E-state index contributed by atoms with van der Waals surface area (Å²) >= 11 is 5.26. The first-order chi connectivity index (χ1) is 8.06. The minimum Gasteiger partial charge on any atom is -0.377 e. The fraction of sp³-hybridized carbons (Fsp3) is 0.667. The third kappa shape index (κ3) is 4.67. The van der Waals surface area contributed by atoms with Gasteiger partial charge in [0.1, 0.15) is 0 Å². The van der Waals surface area contributed by atoms with Crippen molar-refractivity contribution in [3.8, 4) is 0 Å². The molecule has 1 aromatic heterocycles. The van der Waals surface area contributed by atoms with E-state index in [0.29, 0.717) is 6.54 Å². The first-order valence-corrected chi connectivity index (χ1v) is 7.53. The Morgan fingerprint density at radius 1 is 1.47 bits per heavy atom. The molecular formula is C12H21BrN2OS. The lowest BCUT2D eigenvalue weighted by Gasteiger charge is -2.27. The third-order valence-corrected chi connectivity index (χ3v) is 4.40. The molecule has 0 amide bonds. The van der Waals surface area contributed by atoms with Crippen LogP contribution >= 0.6 is 27.3 Å². The van der Waals surface area contributed by atoms with Crippen molar-refractivity contribution in [1.29, 1.82) is 0 Å². The van der Waals surface area contributed by atoms with Crippen molar-refractivity contribution in [3.63, 3.8) is 0 Å². The molecule has 0 fully saturated rings. The van der Waals surface area contributed by atoms with Crippen molar-refractivity contribution in [1.82, 2.24) is 4.90 Å². The van der Waals surface area contributed by atoms with E-state index in [9.17, 15) is 0 Å². The van der Waals surface area contributed by atoms with Crippen LogP contribution in [0.1, 0.15) is 25.5 Å². The van der Waals surface area contributed by atoms with Crippen LogP contribution in [0.25, 0.3) is 0 Å². The summed E-state index contributed by atoms with van der Waals surface area (Å²) in [6.07, 6.45) is 0.285. The highest BCUT2D eigenvalue weighted by Crippen LogP contribution is 2.29. The zero-order valence-corrected chi connectivity index (χ0v) is 13.1. The third-order valence-electron chi connectivity index (χ3n) is 2.65. The highest BCUT2D eigenvalue weighted by molar-refractivity contribution is 9.10. The number of halogens is 1. The van der Waals surface area contributed by atoms with Gasteiger partial charge < -0.3 is 10.5 Å². The van der Waals surface area contributed by atoms with Crippen LogP contribution in [0.3, 0.4) is 0 Å². The molecule has 0 saturated carbocycles. The maximum absolute atomic E-state index is 5.87. The van der Waals surface area contributed by atoms with Gasteiger partial charge in [0.05, 0.1) is 12.7 Å². The van der Waals surface area contributed by atoms with Crippen LogP contribution in [0.15, 0.2) is 15.2 Å². The van der Waals surface area contributed by atoms with Gasteiger partial charge in [0.15, 0.2) is 0 Å². The Bertz CT molecular complexity index is 330. The van der Waals surface area contributed by atoms with Gasteiger partial charge in [-0.05, 0) is 47.8 Å². The zero-order valence-electron chi connectivity index (χ0n) is 10.6. The molecule has 1 heterocycles. The molecule has 0 aliphatic carbocycles. The predicted octanol–water partition coefficient (Wildman–Crippen LogP) is 2.87. The number of nitrogens with two attached hydrogens (primary N) is 1. The van der Waals surface area contributed by atoms with Crippen molar-refractivity contribution in [3.05, 3.63) is 20.8 Å². The van der Waals surface area contributed by atoms with E-state index in [0.717, 1.165) is 17.6 Å². The fourth-order valence-corrected chi connectivity index (χ4v) is 3.27. The minimum atomic E-state index is 0.256. The van der Waals surface area contributed by atoms with Gasteiger partial charge in [-0.3, -0.25) is 4.90 Å². The molecule has 0 aliphatic heterocycles. The van der Waals surface area contributed by atoms with Gasteiger partial charge >= 0.3 is 0 Å². The minimum absolute atomic E-state index is 0.256. The normalized spacial score (nSPS) is 13.6. The Hall–Kier alpha value is 0.0600. The van der Waals surface area contributed by atoms with Crippen molar-refractivity contribution in [2.45, 2.75) is 26.0 Å². The standard InChI is InChI=1S/C12H21BrN2OS/c1-9(2)16-5-4-15(3)12(6-14)10-7-17-8-11(10)13/h7-9,12H,4-6,14H2,1-3H3. The molecule has 0 bridgehead atoms. The lowest BCUT2D eigenvalue weighted by molar-refractivity contribution is 0.0564. The van der Waals surface area contributed by atoms with Gasteiger partial charge in [-0.15, -0.1) is 0 Å². The van der Waals surface area contributed by atoms with Crippen LogP contribution in [-0.2, 0) is 4.74 Å². The number of likely N-dealkylation sites (N-methyl/N-ethyl adjacent to an activating group) is 1. The number of thiophene rings is 1. The van der Waals surface area contributed by atoms with E-state index in [1.807, 2.05) is 0 Å². The van der Waals surface area contributed by atoms with Gasteiger partial charge in [0, 0.05) is 29.0 Å². The van der Waals surface area contributed by atoms with Crippen molar-refractivity contribution < 1.29 is 4.74 Å². The summed E-state index contributed by atoms with van der Waals surface area (Å²) < 4.78 is 6.71. The summed E-state index contributed by atoms with van der Waals surface area (Å²) in [6, 6.07) is 0.256. The lowest BCUT2D eigenvalue weighted by atomic mass is 10.1. The van der Waals surface area contributed by atoms with E-state index in [1.54, 1.807) is 11.3 Å². The van der Waals surface area contributed by atoms with Crippen LogP contribution < -0.4 is 5.73 Å². The molecule has 0 radical (unpaired) electrons. The fourth-order valence-electron chi connectivity index (χ4n) is 1.66. The summed E-state index contributed by atoms with van der Waals surface area (Å²) in [4.78, 5) is 2.25.